The van der Waals surface area contributed by atoms with E-state index in [1.807, 2.05) is 0 Å². The predicted octanol–water partition coefficient (Wildman–Crippen LogP) is 4.70. The van der Waals surface area contributed by atoms with Crippen molar-refractivity contribution in [1.82, 2.24) is 5.32 Å². The third-order valence-corrected chi connectivity index (χ3v) is 3.34. The monoisotopic (exact) mass is 302 g/mol. The number of hydrogen-bond donors (Lipinski definition) is 2. The number of carbonyl (C=O) groups excluding carboxylic acids is 1. The zero-order chi connectivity index (χ0) is 14.8. The quantitative estimate of drug-likeness (QED) is 0.539. The maximum atomic E-state index is 12.2. The van der Waals surface area contributed by atoms with E-state index in [-0.39, 0.29) is 6.03 Å². The van der Waals surface area contributed by atoms with E-state index in [4.69, 9.17) is 0 Å². The van der Waals surface area contributed by atoms with E-state index in [9.17, 15) is 13.6 Å². The highest BCUT2D eigenvalue weighted by Crippen LogP contribution is 2.27. The molecule has 0 bridgehead atoms. The molecule has 112 valence electrons. The highest BCUT2D eigenvalue weighted by Gasteiger charge is 2.06. The lowest BCUT2D eigenvalue weighted by Gasteiger charge is -2.08. The van der Waals surface area contributed by atoms with Gasteiger partial charge >= 0.3 is 6.03 Å². The van der Waals surface area contributed by atoms with Crippen molar-refractivity contribution in [3.8, 4) is 0 Å². The Balaban J connectivity index is 2.34. The fourth-order valence-electron chi connectivity index (χ4n) is 1.68. The molecule has 0 aliphatic heterocycles. The first kappa shape index (κ1) is 16.8. The Kier molecular flexibility index (Phi) is 8.02. The minimum absolute atomic E-state index is 0.305. The highest BCUT2D eigenvalue weighted by atomic mass is 32.2. The number of rotatable bonds is 8. The molecule has 0 aromatic heterocycles. The number of thioether (sulfide) groups is 1. The molecular weight excluding hydrogens is 282 g/mol. The summed E-state index contributed by atoms with van der Waals surface area (Å²) in [6.45, 7) is 2.75. The number of benzene rings is 1. The van der Waals surface area contributed by atoms with Crippen LogP contribution in [-0.2, 0) is 0 Å². The van der Waals surface area contributed by atoms with Crippen molar-refractivity contribution in [2.75, 3.05) is 11.9 Å². The summed E-state index contributed by atoms with van der Waals surface area (Å²) in [5.74, 6) is -2.46. The molecule has 0 saturated carbocycles. The van der Waals surface area contributed by atoms with Crippen LogP contribution >= 0.6 is 11.8 Å². The van der Waals surface area contributed by atoms with E-state index < -0.39 is 5.76 Å². The summed E-state index contributed by atoms with van der Waals surface area (Å²) in [6.07, 6.45) is 4.36. The summed E-state index contributed by atoms with van der Waals surface area (Å²) in [5.41, 5.74) is 0.515. The summed E-state index contributed by atoms with van der Waals surface area (Å²) < 4.78 is 24.5. The molecule has 0 fully saturated rings. The summed E-state index contributed by atoms with van der Waals surface area (Å²) in [5, 5.41) is 5.38. The lowest BCUT2D eigenvalue weighted by atomic mass is 10.2. The number of urea groups is 1. The van der Waals surface area contributed by atoms with E-state index in [2.05, 4.69) is 17.6 Å². The normalized spacial score (nSPS) is 10.6. The molecule has 2 N–H and O–H groups in total. The fraction of sp³-hybridized carbons (Fsp3) is 0.500. The van der Waals surface area contributed by atoms with E-state index in [1.165, 1.54) is 6.07 Å². The largest absolute Gasteiger partial charge is 0.338 e. The van der Waals surface area contributed by atoms with Gasteiger partial charge in [-0.1, -0.05) is 44.0 Å². The topological polar surface area (TPSA) is 41.1 Å². The molecule has 0 radical (unpaired) electrons. The Hall–Kier alpha value is -1.30. The third-order valence-electron chi connectivity index (χ3n) is 2.63. The summed E-state index contributed by atoms with van der Waals surface area (Å²) >= 11 is 0.462. The van der Waals surface area contributed by atoms with Crippen molar-refractivity contribution < 1.29 is 13.6 Å². The first-order valence-electron chi connectivity index (χ1n) is 6.71. The molecule has 1 aromatic carbocycles. The zero-order valence-corrected chi connectivity index (χ0v) is 12.3. The van der Waals surface area contributed by atoms with Crippen molar-refractivity contribution in [2.45, 2.75) is 43.3 Å². The first-order chi connectivity index (χ1) is 9.61. The van der Waals surface area contributed by atoms with E-state index in [0.717, 1.165) is 25.7 Å². The van der Waals surface area contributed by atoms with Gasteiger partial charge in [-0.3, -0.25) is 0 Å². The van der Waals surface area contributed by atoms with Crippen LogP contribution in [0.15, 0.2) is 29.2 Å². The molecule has 1 rings (SSSR count). The molecule has 0 spiro atoms. The number of alkyl halides is 2. The molecule has 2 amide bonds. The first-order valence-corrected chi connectivity index (χ1v) is 7.59. The zero-order valence-electron chi connectivity index (χ0n) is 11.5. The van der Waals surface area contributed by atoms with Gasteiger partial charge in [0.2, 0.25) is 0 Å². The lowest BCUT2D eigenvalue weighted by molar-refractivity contribution is 0.251. The number of carbonyl (C=O) groups is 1. The molecule has 0 unspecified atom stereocenters. The van der Waals surface area contributed by atoms with Crippen LogP contribution < -0.4 is 10.6 Å². The van der Waals surface area contributed by atoms with Gasteiger partial charge in [-0.15, -0.1) is 0 Å². The molecule has 0 heterocycles. The number of anilines is 1. The standard InChI is InChI=1S/C14H20F2N2OS/c1-2-3-4-5-9-17-14(19)18-11-7-6-8-12(10-11)20-13(15)16/h6-8,10,13H,2-5,9H2,1H3,(H2,17,18,19). The number of unbranched alkanes of at least 4 members (excludes halogenated alkanes) is 3. The van der Waals surface area contributed by atoms with Crippen LogP contribution in [0, 0.1) is 0 Å². The molecule has 1 aromatic rings. The van der Waals surface area contributed by atoms with E-state index in [1.54, 1.807) is 18.2 Å². The molecule has 0 aliphatic carbocycles. The Morgan fingerprint density at radius 3 is 2.80 bits per heavy atom. The van der Waals surface area contributed by atoms with Gasteiger partial charge in [0.25, 0.3) is 5.76 Å². The number of halogens is 2. The molecule has 0 saturated heterocycles. The van der Waals surface area contributed by atoms with Crippen LogP contribution in [0.25, 0.3) is 0 Å². The second kappa shape index (κ2) is 9.58. The summed E-state index contributed by atoms with van der Waals surface area (Å²) in [6, 6.07) is 6.13. The van der Waals surface area contributed by atoms with Gasteiger partial charge in [0.15, 0.2) is 0 Å². The smallest absolute Gasteiger partial charge is 0.319 e. The predicted molar refractivity (Wildman–Crippen MR) is 79.5 cm³/mol. The van der Waals surface area contributed by atoms with Crippen LogP contribution in [0.4, 0.5) is 19.3 Å². The van der Waals surface area contributed by atoms with Crippen molar-refractivity contribution in [3.05, 3.63) is 24.3 Å². The number of hydrogen-bond acceptors (Lipinski definition) is 2. The van der Waals surface area contributed by atoms with Gasteiger partial charge in [-0.25, -0.2) is 4.79 Å². The average molecular weight is 302 g/mol. The van der Waals surface area contributed by atoms with Gasteiger partial charge in [0.1, 0.15) is 0 Å². The molecule has 6 heteroatoms. The maximum absolute atomic E-state index is 12.2. The minimum atomic E-state index is -2.46. The molecule has 0 atom stereocenters. The second-order valence-corrected chi connectivity index (χ2v) is 5.41. The minimum Gasteiger partial charge on any atom is -0.338 e. The Bertz CT molecular complexity index is 416. The Morgan fingerprint density at radius 2 is 2.10 bits per heavy atom. The van der Waals surface area contributed by atoms with Crippen LogP contribution in [0.3, 0.4) is 0 Å². The van der Waals surface area contributed by atoms with Crippen LogP contribution in [0.5, 0.6) is 0 Å². The third kappa shape index (κ3) is 7.33. The Labute approximate surface area is 122 Å². The van der Waals surface area contributed by atoms with Crippen molar-refractivity contribution in [3.63, 3.8) is 0 Å². The molecular formula is C14H20F2N2OS. The van der Waals surface area contributed by atoms with Gasteiger partial charge in [0.05, 0.1) is 0 Å². The van der Waals surface area contributed by atoms with Crippen LogP contribution in [0.1, 0.15) is 32.6 Å². The molecule has 20 heavy (non-hydrogen) atoms. The maximum Gasteiger partial charge on any atom is 0.319 e. The van der Waals surface area contributed by atoms with E-state index >= 15 is 0 Å². The van der Waals surface area contributed by atoms with E-state index in [0.29, 0.717) is 28.9 Å². The van der Waals surface area contributed by atoms with Gasteiger partial charge < -0.3 is 10.6 Å². The summed E-state index contributed by atoms with van der Waals surface area (Å²) in [7, 11) is 0. The van der Waals surface area contributed by atoms with Crippen molar-refractivity contribution in [1.29, 1.82) is 0 Å². The van der Waals surface area contributed by atoms with Crippen LogP contribution in [0.2, 0.25) is 0 Å². The molecule has 3 nitrogen and oxygen atoms in total. The molecule has 0 aliphatic rings. The Morgan fingerprint density at radius 1 is 1.30 bits per heavy atom. The van der Waals surface area contributed by atoms with Gasteiger partial charge in [0, 0.05) is 17.1 Å². The lowest BCUT2D eigenvalue weighted by Crippen LogP contribution is -2.29. The van der Waals surface area contributed by atoms with Crippen LogP contribution in [-0.4, -0.2) is 18.3 Å². The SMILES string of the molecule is CCCCCCNC(=O)Nc1cccc(SC(F)F)c1. The van der Waals surface area contributed by atoms with Gasteiger partial charge in [-0.2, -0.15) is 8.78 Å². The highest BCUT2D eigenvalue weighted by molar-refractivity contribution is 7.99. The van der Waals surface area contributed by atoms with Gasteiger partial charge in [-0.05, 0) is 24.6 Å². The van der Waals surface area contributed by atoms with Crippen molar-refractivity contribution >= 4 is 23.5 Å². The second-order valence-electron chi connectivity index (χ2n) is 4.35. The number of nitrogens with one attached hydrogen (secondary N) is 2. The average Bonchev–Trinajstić information content (AvgIpc) is 2.38. The summed E-state index contributed by atoms with van der Waals surface area (Å²) in [4.78, 5) is 12.0. The number of amides is 2. The fourth-order valence-corrected chi connectivity index (χ4v) is 2.24. The van der Waals surface area contributed by atoms with Crippen molar-refractivity contribution in [2.24, 2.45) is 0 Å².